The van der Waals surface area contributed by atoms with Crippen LogP contribution in [0.25, 0.3) is 0 Å². The Labute approximate surface area is 112 Å². The number of fused-ring (bicyclic) bond motifs is 1. The van der Waals surface area contributed by atoms with Crippen LogP contribution in [0.5, 0.6) is 0 Å². The maximum atomic E-state index is 6.41. The summed E-state index contributed by atoms with van der Waals surface area (Å²) < 4.78 is 1.21. The number of anilines is 1. The Bertz CT molecular complexity index is 465. The average Bonchev–Trinajstić information content (AvgIpc) is 2.87. The number of nitrogens with two attached hydrogens (primary N) is 2. The van der Waals surface area contributed by atoms with Gasteiger partial charge < -0.3 is 16.8 Å². The fraction of sp³-hybridized carbons (Fsp3) is 0.500. The number of guanidine groups is 1. The summed E-state index contributed by atoms with van der Waals surface area (Å²) >= 11 is 4.01. The van der Waals surface area contributed by atoms with Crippen molar-refractivity contribution in [2.24, 2.45) is 22.4 Å². The zero-order chi connectivity index (χ0) is 11.3. The summed E-state index contributed by atoms with van der Waals surface area (Å²) in [6.07, 6.45) is 3.47. The summed E-state index contributed by atoms with van der Waals surface area (Å²) in [4.78, 5) is 5.54. The Hall–Kier alpha value is -0.340. The molecule has 2 aliphatic rings. The van der Waals surface area contributed by atoms with E-state index >= 15 is 0 Å². The lowest BCUT2D eigenvalue weighted by molar-refractivity contribution is 0.409. The highest BCUT2D eigenvalue weighted by molar-refractivity contribution is 14.1. The summed E-state index contributed by atoms with van der Waals surface area (Å²) in [6, 6.07) is 2.08. The van der Waals surface area contributed by atoms with Crippen molar-refractivity contribution in [3.8, 4) is 0 Å². The van der Waals surface area contributed by atoms with E-state index in [0.29, 0.717) is 5.96 Å². The van der Waals surface area contributed by atoms with E-state index in [2.05, 4.69) is 39.0 Å². The Balaban J connectivity index is 2.02. The molecule has 5 N–H and O–H groups in total. The molecule has 2 heterocycles. The van der Waals surface area contributed by atoms with Crippen LogP contribution in [-0.4, -0.2) is 5.96 Å². The largest absolute Gasteiger partial charge is 0.370 e. The van der Waals surface area contributed by atoms with Crippen molar-refractivity contribution in [1.82, 2.24) is 0 Å². The van der Waals surface area contributed by atoms with Gasteiger partial charge in [-0.25, -0.2) is 4.99 Å². The van der Waals surface area contributed by atoms with Gasteiger partial charge in [0, 0.05) is 0 Å². The summed E-state index contributed by atoms with van der Waals surface area (Å²) in [5.74, 6) is 1.16. The van der Waals surface area contributed by atoms with Crippen LogP contribution in [0, 0.1) is 8.80 Å². The number of halogens is 1. The van der Waals surface area contributed by atoms with Gasteiger partial charge in [-0.3, -0.25) is 0 Å². The lowest BCUT2D eigenvalue weighted by atomic mass is 10.0. The summed E-state index contributed by atoms with van der Waals surface area (Å²) in [5, 5.41) is 3.08. The number of aliphatic imine (C=N–C) groups is 1. The quantitative estimate of drug-likeness (QED) is 0.716. The number of hydrogen-bond acceptors (Lipinski definition) is 5. The summed E-state index contributed by atoms with van der Waals surface area (Å²) in [5.41, 5.74) is 12.6. The molecule has 6 heteroatoms. The van der Waals surface area contributed by atoms with E-state index in [0.717, 1.165) is 22.9 Å². The molecule has 0 radical (unpaired) electrons. The van der Waals surface area contributed by atoms with Gasteiger partial charge in [0.05, 0.1) is 13.4 Å². The molecule has 4 nitrogen and oxygen atoms in total. The predicted molar refractivity (Wildman–Crippen MR) is 75.5 cm³/mol. The molecule has 1 aliphatic carbocycles. The van der Waals surface area contributed by atoms with Gasteiger partial charge in [-0.05, 0) is 41.0 Å². The van der Waals surface area contributed by atoms with E-state index in [1.54, 1.807) is 11.3 Å². The zero-order valence-electron chi connectivity index (χ0n) is 8.66. The van der Waals surface area contributed by atoms with Gasteiger partial charge in [-0.15, -0.1) is 11.3 Å². The molecule has 1 aliphatic heterocycles. The van der Waals surface area contributed by atoms with Crippen molar-refractivity contribution in [3.63, 3.8) is 0 Å². The first kappa shape index (κ1) is 10.8. The van der Waals surface area contributed by atoms with Crippen molar-refractivity contribution in [1.29, 1.82) is 0 Å². The van der Waals surface area contributed by atoms with E-state index in [1.165, 1.54) is 15.7 Å². The smallest absolute Gasteiger partial charge is 0.195 e. The van der Waals surface area contributed by atoms with Gasteiger partial charge in [-0.2, -0.15) is 0 Å². The van der Waals surface area contributed by atoms with Crippen molar-refractivity contribution in [2.75, 3.05) is 5.32 Å². The molecule has 3 rings (SSSR count). The standard InChI is InChI=1S/C10H13IN4S/c11-7-3-6-8(16-7)10(13,4-5-1-2-5)15-9(12)14-6/h3,5H,1-2,4,13H2,(H3,12,14,15). The number of thiophene rings is 1. The Morgan fingerprint density at radius 3 is 3.06 bits per heavy atom. The highest BCUT2D eigenvalue weighted by Gasteiger charge is 2.40. The number of rotatable bonds is 2. The van der Waals surface area contributed by atoms with Crippen LogP contribution in [0.4, 0.5) is 5.69 Å². The summed E-state index contributed by atoms with van der Waals surface area (Å²) in [6.45, 7) is 0. The highest BCUT2D eigenvalue weighted by Crippen LogP contribution is 2.46. The maximum Gasteiger partial charge on any atom is 0.195 e. The number of hydrogen-bond donors (Lipinski definition) is 3. The van der Waals surface area contributed by atoms with Crippen LogP contribution >= 0.6 is 33.9 Å². The normalized spacial score (nSPS) is 28.2. The first-order valence-corrected chi connectivity index (χ1v) is 7.17. The zero-order valence-corrected chi connectivity index (χ0v) is 11.6. The van der Waals surface area contributed by atoms with Crippen LogP contribution in [0.3, 0.4) is 0 Å². The monoisotopic (exact) mass is 348 g/mol. The molecular formula is C10H13IN4S. The highest BCUT2D eigenvalue weighted by atomic mass is 127. The second-order valence-corrected chi connectivity index (χ2v) is 7.43. The Kier molecular flexibility index (Phi) is 2.41. The Morgan fingerprint density at radius 2 is 2.38 bits per heavy atom. The van der Waals surface area contributed by atoms with E-state index in [-0.39, 0.29) is 0 Å². The van der Waals surface area contributed by atoms with E-state index in [4.69, 9.17) is 11.5 Å². The van der Waals surface area contributed by atoms with Crippen molar-refractivity contribution >= 4 is 45.6 Å². The molecule has 0 amide bonds. The molecule has 1 unspecified atom stereocenters. The molecule has 0 aromatic carbocycles. The molecule has 1 aromatic rings. The van der Waals surface area contributed by atoms with Gasteiger partial charge in [0.1, 0.15) is 5.66 Å². The minimum atomic E-state index is -0.597. The van der Waals surface area contributed by atoms with Crippen molar-refractivity contribution < 1.29 is 0 Å². The van der Waals surface area contributed by atoms with Gasteiger partial charge in [-0.1, -0.05) is 12.8 Å². The van der Waals surface area contributed by atoms with Crippen LogP contribution in [0.1, 0.15) is 24.1 Å². The third-order valence-electron chi connectivity index (χ3n) is 2.97. The summed E-state index contributed by atoms with van der Waals surface area (Å²) in [7, 11) is 0. The molecule has 1 aromatic heterocycles. The fourth-order valence-corrected chi connectivity index (χ4v) is 3.98. The first-order valence-electron chi connectivity index (χ1n) is 5.28. The van der Waals surface area contributed by atoms with Crippen molar-refractivity contribution in [2.45, 2.75) is 24.9 Å². The second kappa shape index (κ2) is 3.58. The van der Waals surface area contributed by atoms with Crippen LogP contribution in [0.2, 0.25) is 0 Å². The van der Waals surface area contributed by atoms with Crippen LogP contribution in [-0.2, 0) is 5.66 Å². The maximum absolute atomic E-state index is 6.41. The molecule has 86 valence electrons. The molecule has 0 saturated heterocycles. The van der Waals surface area contributed by atoms with Gasteiger partial charge in [0.15, 0.2) is 5.96 Å². The lowest BCUT2D eigenvalue weighted by Crippen LogP contribution is -2.42. The fourth-order valence-electron chi connectivity index (χ4n) is 2.11. The molecule has 16 heavy (non-hydrogen) atoms. The van der Waals surface area contributed by atoms with Crippen LogP contribution < -0.4 is 16.8 Å². The molecule has 0 spiro atoms. The third kappa shape index (κ3) is 1.82. The number of nitrogens with one attached hydrogen (secondary N) is 1. The van der Waals surface area contributed by atoms with E-state index in [9.17, 15) is 0 Å². The van der Waals surface area contributed by atoms with E-state index < -0.39 is 5.66 Å². The third-order valence-corrected chi connectivity index (χ3v) is 5.04. The lowest BCUT2D eigenvalue weighted by Gasteiger charge is -2.29. The molecule has 0 bridgehead atoms. The average molecular weight is 348 g/mol. The SMILES string of the molecule is NC1=NC(N)(CC2CC2)c2sc(I)cc2N1. The minimum absolute atomic E-state index is 0.435. The van der Waals surface area contributed by atoms with Crippen LogP contribution in [0.15, 0.2) is 11.1 Å². The number of nitrogens with zero attached hydrogens (tertiary/aromatic N) is 1. The van der Waals surface area contributed by atoms with Gasteiger partial charge >= 0.3 is 0 Å². The van der Waals surface area contributed by atoms with Gasteiger partial charge in [0.25, 0.3) is 0 Å². The molecule has 1 saturated carbocycles. The minimum Gasteiger partial charge on any atom is -0.370 e. The molecule has 1 fully saturated rings. The Morgan fingerprint density at radius 1 is 1.62 bits per heavy atom. The van der Waals surface area contributed by atoms with Gasteiger partial charge in [0.2, 0.25) is 0 Å². The first-order chi connectivity index (χ1) is 7.57. The topological polar surface area (TPSA) is 76.4 Å². The van der Waals surface area contributed by atoms with E-state index in [1.807, 2.05) is 0 Å². The predicted octanol–water partition coefficient (Wildman–Crippen LogP) is 2.00. The second-order valence-electron chi connectivity index (χ2n) is 4.49. The van der Waals surface area contributed by atoms with Crippen molar-refractivity contribution in [3.05, 3.63) is 13.8 Å². The molecular weight excluding hydrogens is 335 g/mol. The molecule has 1 atom stereocenters.